The maximum absolute atomic E-state index is 11.6. The first-order valence-electron chi connectivity index (χ1n) is 5.82. The molecular weight excluding hydrogens is 284 g/mol. The van der Waals surface area contributed by atoms with Crippen molar-refractivity contribution in [2.75, 3.05) is 28.4 Å². The molecule has 0 atom stereocenters. The van der Waals surface area contributed by atoms with Gasteiger partial charge in [-0.2, -0.15) is 0 Å². The number of carbonyl (C=O) groups excluding carboxylic acids is 2. The Kier molecular flexibility index (Phi) is 9.82. The maximum Gasteiger partial charge on any atom is 0.374 e. The van der Waals surface area contributed by atoms with E-state index in [9.17, 15) is 14.7 Å². The number of carbonyl (C=O) groups is 2. The van der Waals surface area contributed by atoms with Gasteiger partial charge in [-0.1, -0.05) is 6.92 Å². The summed E-state index contributed by atoms with van der Waals surface area (Å²) in [5.41, 5.74) is 0. The maximum atomic E-state index is 11.6. The molecule has 0 aliphatic heterocycles. The third-order valence-corrected chi connectivity index (χ3v) is 2.49. The third kappa shape index (κ3) is 7.19. The van der Waals surface area contributed by atoms with Crippen LogP contribution >= 0.6 is 0 Å². The predicted molar refractivity (Wildman–Crippen MR) is 70.8 cm³/mol. The molecule has 0 amide bonds. The van der Waals surface area contributed by atoms with E-state index in [2.05, 4.69) is 11.3 Å². The zero-order valence-electron chi connectivity index (χ0n) is 13.5. The summed E-state index contributed by atoms with van der Waals surface area (Å²) in [5.74, 6) is -5.38. The van der Waals surface area contributed by atoms with Crippen LogP contribution in [0.2, 0.25) is 0 Å². The van der Waals surface area contributed by atoms with Crippen molar-refractivity contribution in [3.63, 3.8) is 0 Å². The first kappa shape index (κ1) is 21.8. The normalized spacial score (nSPS) is 11.2. The molecule has 0 saturated heterocycles. The molecule has 0 bridgehead atoms. The first-order valence-corrected chi connectivity index (χ1v) is 5.82. The van der Waals surface area contributed by atoms with Gasteiger partial charge >= 0.3 is 11.9 Å². The van der Waals surface area contributed by atoms with E-state index < -0.39 is 23.5 Å². The number of allylic oxidation sites excluding steroid dienone is 1. The summed E-state index contributed by atoms with van der Waals surface area (Å²) in [6, 6.07) is 0. The third-order valence-electron chi connectivity index (χ3n) is 2.49. The average Bonchev–Trinajstić information content (AvgIpc) is 2.44. The summed E-state index contributed by atoms with van der Waals surface area (Å²) in [6.07, 6.45) is 0. The standard InChI is InChI=1S/C10H18O7.C3H6O/c1-9(13-3,14-4)7(11)17-8(12)10(2,15-5)16-6;1-3(2)4/h1-6H3;4H,1H2,2H3/p-1. The smallest absolute Gasteiger partial charge is 0.374 e. The summed E-state index contributed by atoms with van der Waals surface area (Å²) in [7, 11) is 5.00. The van der Waals surface area contributed by atoms with Gasteiger partial charge in [0, 0.05) is 42.3 Å². The fourth-order valence-electron chi connectivity index (χ4n) is 0.770. The van der Waals surface area contributed by atoms with Crippen molar-refractivity contribution in [3.8, 4) is 0 Å². The summed E-state index contributed by atoms with van der Waals surface area (Å²) < 4.78 is 23.8. The Hall–Kier alpha value is -1.48. The fraction of sp³-hybridized carbons (Fsp3) is 0.692. The van der Waals surface area contributed by atoms with E-state index in [0.29, 0.717) is 0 Å². The van der Waals surface area contributed by atoms with Crippen molar-refractivity contribution in [1.29, 1.82) is 0 Å². The van der Waals surface area contributed by atoms with E-state index in [0.717, 1.165) is 0 Å². The molecule has 0 aliphatic rings. The lowest BCUT2D eigenvalue weighted by molar-refractivity contribution is -0.300. The fourth-order valence-corrected chi connectivity index (χ4v) is 0.770. The molecule has 0 aromatic heterocycles. The molecular formula is C13H23O8-. The van der Waals surface area contributed by atoms with Gasteiger partial charge in [-0.15, -0.1) is 12.3 Å². The van der Waals surface area contributed by atoms with Crippen LogP contribution < -0.4 is 5.11 Å². The van der Waals surface area contributed by atoms with Gasteiger partial charge in [-0.25, -0.2) is 9.59 Å². The average molecular weight is 307 g/mol. The molecule has 0 radical (unpaired) electrons. The number of hydrogen-bond donors (Lipinski definition) is 0. The second-order valence-corrected chi connectivity index (χ2v) is 4.09. The van der Waals surface area contributed by atoms with E-state index in [4.69, 9.17) is 18.9 Å². The number of hydrogen-bond acceptors (Lipinski definition) is 8. The van der Waals surface area contributed by atoms with Gasteiger partial charge in [-0.3, -0.25) is 0 Å². The molecule has 0 heterocycles. The van der Waals surface area contributed by atoms with E-state index >= 15 is 0 Å². The minimum Gasteiger partial charge on any atom is -0.876 e. The van der Waals surface area contributed by atoms with Crippen molar-refractivity contribution < 1.29 is 38.4 Å². The highest BCUT2D eigenvalue weighted by atomic mass is 16.7. The molecule has 0 rings (SSSR count). The summed E-state index contributed by atoms with van der Waals surface area (Å²) in [6.45, 7) is 7.05. The quantitative estimate of drug-likeness (QED) is 0.291. The van der Waals surface area contributed by atoms with Gasteiger partial charge in [0.05, 0.1) is 0 Å². The molecule has 0 fully saturated rings. The topological polar surface area (TPSA) is 103 Å². The minimum atomic E-state index is -1.65. The number of ether oxygens (including phenoxy) is 5. The van der Waals surface area contributed by atoms with Crippen LogP contribution in [-0.2, 0) is 33.3 Å². The van der Waals surface area contributed by atoms with Crippen molar-refractivity contribution >= 4 is 11.9 Å². The highest BCUT2D eigenvalue weighted by molar-refractivity contribution is 5.92. The van der Waals surface area contributed by atoms with E-state index in [1.54, 1.807) is 0 Å². The van der Waals surface area contributed by atoms with Crippen LogP contribution in [0, 0.1) is 0 Å². The second kappa shape index (κ2) is 9.46. The number of methoxy groups -OCH3 is 4. The van der Waals surface area contributed by atoms with Crippen LogP contribution in [0.25, 0.3) is 0 Å². The van der Waals surface area contributed by atoms with Gasteiger partial charge < -0.3 is 28.8 Å². The Morgan fingerprint density at radius 3 is 1.19 bits per heavy atom. The molecule has 0 aromatic carbocycles. The molecule has 0 aliphatic carbocycles. The van der Waals surface area contributed by atoms with E-state index in [1.165, 1.54) is 49.2 Å². The van der Waals surface area contributed by atoms with E-state index in [1.807, 2.05) is 0 Å². The Bertz CT molecular complexity index is 323. The Balaban J connectivity index is 0. The predicted octanol–water partition coefficient (Wildman–Crippen LogP) is -0.0455. The van der Waals surface area contributed by atoms with Crippen LogP contribution in [-0.4, -0.2) is 52.0 Å². The van der Waals surface area contributed by atoms with E-state index in [-0.39, 0.29) is 5.76 Å². The van der Waals surface area contributed by atoms with Gasteiger partial charge in [0.1, 0.15) is 0 Å². The molecule has 8 heteroatoms. The van der Waals surface area contributed by atoms with Crippen LogP contribution in [0.1, 0.15) is 20.8 Å². The van der Waals surface area contributed by atoms with Crippen LogP contribution in [0.15, 0.2) is 12.3 Å². The van der Waals surface area contributed by atoms with Crippen LogP contribution in [0.4, 0.5) is 0 Å². The first-order chi connectivity index (χ1) is 9.52. The Morgan fingerprint density at radius 2 is 1.05 bits per heavy atom. The molecule has 0 N–H and O–H groups in total. The summed E-state index contributed by atoms with van der Waals surface area (Å²) in [4.78, 5) is 23.2. The molecule has 124 valence electrons. The molecule has 21 heavy (non-hydrogen) atoms. The molecule has 8 nitrogen and oxygen atoms in total. The Labute approximate surface area is 124 Å². The van der Waals surface area contributed by atoms with Crippen molar-refractivity contribution in [3.05, 3.63) is 12.3 Å². The van der Waals surface area contributed by atoms with Crippen molar-refractivity contribution in [2.45, 2.75) is 32.3 Å². The van der Waals surface area contributed by atoms with Gasteiger partial charge in [0.15, 0.2) is 0 Å². The Morgan fingerprint density at radius 1 is 0.857 bits per heavy atom. The van der Waals surface area contributed by atoms with Crippen LogP contribution in [0.5, 0.6) is 0 Å². The minimum absolute atomic E-state index is 0.0833. The zero-order valence-corrected chi connectivity index (χ0v) is 13.5. The summed E-state index contributed by atoms with van der Waals surface area (Å²) in [5, 5.41) is 9.33. The zero-order chi connectivity index (χ0) is 17.3. The number of rotatable bonds is 6. The van der Waals surface area contributed by atoms with Gasteiger partial charge in [-0.05, 0) is 0 Å². The highest BCUT2D eigenvalue weighted by Crippen LogP contribution is 2.17. The lowest BCUT2D eigenvalue weighted by Crippen LogP contribution is -2.47. The van der Waals surface area contributed by atoms with Crippen molar-refractivity contribution in [2.24, 2.45) is 0 Å². The van der Waals surface area contributed by atoms with Gasteiger partial charge in [0.25, 0.3) is 11.6 Å². The summed E-state index contributed by atoms with van der Waals surface area (Å²) >= 11 is 0. The second-order valence-electron chi connectivity index (χ2n) is 4.09. The van der Waals surface area contributed by atoms with Crippen molar-refractivity contribution in [1.82, 2.24) is 0 Å². The molecule has 0 spiro atoms. The molecule has 0 aromatic rings. The van der Waals surface area contributed by atoms with Gasteiger partial charge in [0.2, 0.25) is 0 Å². The monoisotopic (exact) mass is 307 g/mol. The van der Waals surface area contributed by atoms with Crippen LogP contribution in [0.3, 0.4) is 0 Å². The lowest BCUT2D eigenvalue weighted by Gasteiger charge is -2.27. The highest BCUT2D eigenvalue weighted by Gasteiger charge is 2.42. The molecule has 0 saturated carbocycles. The molecule has 0 unspecified atom stereocenters. The lowest BCUT2D eigenvalue weighted by atomic mass is 10.3. The largest absolute Gasteiger partial charge is 0.876 e. The SMILES string of the molecule is C=C(C)[O-].COC(C)(OC)C(=O)OC(=O)C(C)(OC)OC. The number of esters is 2.